The molecule has 0 radical (unpaired) electrons. The Bertz CT molecular complexity index is 368. The summed E-state index contributed by atoms with van der Waals surface area (Å²) in [5.74, 6) is 0. The Morgan fingerprint density at radius 3 is 3.13 bits per heavy atom. The van der Waals surface area contributed by atoms with Crippen LogP contribution in [0.4, 0.5) is 0 Å². The van der Waals surface area contributed by atoms with Crippen LogP contribution in [-0.4, -0.2) is 20.0 Å². The van der Waals surface area contributed by atoms with Crippen molar-refractivity contribution in [1.82, 2.24) is 19.2 Å². The van der Waals surface area contributed by atoms with Crippen LogP contribution in [0, 0.1) is 0 Å². The second kappa shape index (κ2) is 5.04. The van der Waals surface area contributed by atoms with E-state index in [2.05, 4.69) is 26.2 Å². The van der Waals surface area contributed by atoms with Crippen molar-refractivity contribution in [3.05, 3.63) is 35.9 Å². The van der Waals surface area contributed by atoms with Gasteiger partial charge in [0.1, 0.15) is 0 Å². The van der Waals surface area contributed by atoms with Gasteiger partial charge in [0.25, 0.3) is 0 Å². The number of imidazole rings is 1. The molecule has 5 heteroatoms. The normalized spacial score (nSPS) is 12.9. The molecule has 0 bridgehead atoms. The standard InChI is InChI=1S/C10H14N4S/c1-9(7-14-5-4-11-8-14)12-6-10-2-3-13-15-10/h2-5,8-9,12H,6-7H2,1H3. The predicted molar refractivity (Wildman–Crippen MR) is 60.6 cm³/mol. The monoisotopic (exact) mass is 222 g/mol. The lowest BCUT2D eigenvalue weighted by molar-refractivity contribution is 0.478. The first-order chi connectivity index (χ1) is 7.34. The highest BCUT2D eigenvalue weighted by molar-refractivity contribution is 7.05. The predicted octanol–water partition coefficient (Wildman–Crippen LogP) is 1.52. The molecule has 2 heterocycles. The molecule has 0 fully saturated rings. The first-order valence-electron chi connectivity index (χ1n) is 4.93. The summed E-state index contributed by atoms with van der Waals surface area (Å²) >= 11 is 1.54. The molecule has 0 aliphatic rings. The Labute approximate surface area is 93.1 Å². The minimum Gasteiger partial charge on any atom is -0.336 e. The fourth-order valence-electron chi connectivity index (χ4n) is 1.38. The second-order valence-corrected chi connectivity index (χ2v) is 4.44. The van der Waals surface area contributed by atoms with Gasteiger partial charge in [0.2, 0.25) is 0 Å². The van der Waals surface area contributed by atoms with Gasteiger partial charge in [0.15, 0.2) is 0 Å². The van der Waals surface area contributed by atoms with Crippen molar-refractivity contribution in [3.63, 3.8) is 0 Å². The van der Waals surface area contributed by atoms with Crippen molar-refractivity contribution in [2.75, 3.05) is 0 Å². The minimum absolute atomic E-state index is 0.432. The summed E-state index contributed by atoms with van der Waals surface area (Å²) in [7, 11) is 0. The van der Waals surface area contributed by atoms with Crippen LogP contribution in [0.3, 0.4) is 0 Å². The van der Waals surface area contributed by atoms with Crippen LogP contribution in [0.15, 0.2) is 31.0 Å². The van der Waals surface area contributed by atoms with E-state index in [1.165, 1.54) is 4.88 Å². The summed E-state index contributed by atoms with van der Waals surface area (Å²) in [6, 6.07) is 2.48. The van der Waals surface area contributed by atoms with Gasteiger partial charge in [0, 0.05) is 42.6 Å². The molecule has 2 aromatic rings. The molecule has 0 aliphatic heterocycles. The smallest absolute Gasteiger partial charge is 0.0946 e. The lowest BCUT2D eigenvalue weighted by Crippen LogP contribution is -2.29. The van der Waals surface area contributed by atoms with Crippen LogP contribution in [0.1, 0.15) is 11.8 Å². The van der Waals surface area contributed by atoms with Crippen molar-refractivity contribution < 1.29 is 0 Å². The molecule has 15 heavy (non-hydrogen) atoms. The SMILES string of the molecule is CC(Cn1ccnc1)NCc1ccns1. The number of aromatic nitrogens is 3. The van der Waals surface area contributed by atoms with Crippen molar-refractivity contribution >= 4 is 11.5 Å². The van der Waals surface area contributed by atoms with E-state index < -0.39 is 0 Å². The molecular weight excluding hydrogens is 208 g/mol. The van der Waals surface area contributed by atoms with Gasteiger partial charge in [-0.25, -0.2) is 9.36 Å². The van der Waals surface area contributed by atoms with E-state index in [1.54, 1.807) is 17.7 Å². The minimum atomic E-state index is 0.432. The molecule has 0 amide bonds. The van der Waals surface area contributed by atoms with Crippen LogP contribution in [0.5, 0.6) is 0 Å². The van der Waals surface area contributed by atoms with E-state index in [9.17, 15) is 0 Å². The Kier molecular flexibility index (Phi) is 3.47. The second-order valence-electron chi connectivity index (χ2n) is 3.52. The molecule has 0 saturated heterocycles. The zero-order chi connectivity index (χ0) is 10.5. The van der Waals surface area contributed by atoms with E-state index in [1.807, 2.05) is 24.8 Å². The maximum atomic E-state index is 4.06. The summed E-state index contributed by atoms with van der Waals surface area (Å²) in [5, 5.41) is 3.45. The first-order valence-corrected chi connectivity index (χ1v) is 5.70. The Balaban J connectivity index is 1.76. The summed E-state index contributed by atoms with van der Waals surface area (Å²) < 4.78 is 6.14. The lowest BCUT2D eigenvalue weighted by atomic mass is 10.3. The summed E-state index contributed by atoms with van der Waals surface area (Å²) in [5.41, 5.74) is 0. The van der Waals surface area contributed by atoms with E-state index in [0.717, 1.165) is 13.1 Å². The van der Waals surface area contributed by atoms with Crippen molar-refractivity contribution in [2.24, 2.45) is 0 Å². The van der Waals surface area contributed by atoms with Crippen LogP contribution >= 0.6 is 11.5 Å². The third-order valence-electron chi connectivity index (χ3n) is 2.16. The average molecular weight is 222 g/mol. The third kappa shape index (κ3) is 3.14. The average Bonchev–Trinajstić information content (AvgIpc) is 2.86. The first kappa shape index (κ1) is 10.3. The van der Waals surface area contributed by atoms with Crippen LogP contribution in [0.2, 0.25) is 0 Å². The maximum Gasteiger partial charge on any atom is 0.0946 e. The summed E-state index contributed by atoms with van der Waals surface area (Å²) in [4.78, 5) is 5.28. The molecule has 2 rings (SSSR count). The molecule has 2 aromatic heterocycles. The molecular formula is C10H14N4S. The zero-order valence-electron chi connectivity index (χ0n) is 8.63. The Morgan fingerprint density at radius 1 is 1.53 bits per heavy atom. The third-order valence-corrected chi connectivity index (χ3v) is 2.90. The molecule has 1 N–H and O–H groups in total. The lowest BCUT2D eigenvalue weighted by Gasteiger charge is -2.13. The van der Waals surface area contributed by atoms with E-state index >= 15 is 0 Å². The molecule has 4 nitrogen and oxygen atoms in total. The number of nitrogens with one attached hydrogen (secondary N) is 1. The molecule has 1 unspecified atom stereocenters. The number of hydrogen-bond donors (Lipinski definition) is 1. The topological polar surface area (TPSA) is 42.7 Å². The number of nitrogens with zero attached hydrogens (tertiary/aromatic N) is 3. The largest absolute Gasteiger partial charge is 0.336 e. The summed E-state index contributed by atoms with van der Waals surface area (Å²) in [6.45, 7) is 4.00. The molecule has 0 aromatic carbocycles. The van der Waals surface area contributed by atoms with Gasteiger partial charge < -0.3 is 9.88 Å². The highest BCUT2D eigenvalue weighted by atomic mass is 32.1. The van der Waals surface area contributed by atoms with E-state index in [-0.39, 0.29) is 0 Å². The van der Waals surface area contributed by atoms with Crippen LogP contribution < -0.4 is 5.32 Å². The van der Waals surface area contributed by atoms with Crippen LogP contribution in [-0.2, 0) is 13.1 Å². The molecule has 0 aliphatic carbocycles. The van der Waals surface area contributed by atoms with Gasteiger partial charge >= 0.3 is 0 Å². The fraction of sp³-hybridized carbons (Fsp3) is 0.400. The Hall–Kier alpha value is -1.20. The van der Waals surface area contributed by atoms with Crippen LogP contribution in [0.25, 0.3) is 0 Å². The molecule has 80 valence electrons. The molecule has 0 saturated carbocycles. The van der Waals surface area contributed by atoms with Gasteiger partial charge in [0.05, 0.1) is 6.33 Å². The Morgan fingerprint density at radius 2 is 2.47 bits per heavy atom. The summed E-state index contributed by atoms with van der Waals surface area (Å²) in [6.07, 6.45) is 7.45. The number of rotatable bonds is 5. The van der Waals surface area contributed by atoms with Crippen molar-refractivity contribution in [2.45, 2.75) is 26.1 Å². The van der Waals surface area contributed by atoms with Crippen molar-refractivity contribution in [1.29, 1.82) is 0 Å². The van der Waals surface area contributed by atoms with Gasteiger partial charge in [-0.15, -0.1) is 0 Å². The van der Waals surface area contributed by atoms with Gasteiger partial charge in [-0.1, -0.05) is 0 Å². The highest BCUT2D eigenvalue weighted by Gasteiger charge is 2.02. The molecule has 1 atom stereocenters. The fourth-order valence-corrected chi connectivity index (χ4v) is 1.91. The van der Waals surface area contributed by atoms with E-state index in [0.29, 0.717) is 6.04 Å². The zero-order valence-corrected chi connectivity index (χ0v) is 9.44. The van der Waals surface area contributed by atoms with Gasteiger partial charge in [-0.3, -0.25) is 0 Å². The van der Waals surface area contributed by atoms with Crippen molar-refractivity contribution in [3.8, 4) is 0 Å². The van der Waals surface area contributed by atoms with Gasteiger partial charge in [-0.05, 0) is 24.5 Å². The maximum absolute atomic E-state index is 4.06. The van der Waals surface area contributed by atoms with E-state index in [4.69, 9.17) is 0 Å². The number of hydrogen-bond acceptors (Lipinski definition) is 4. The highest BCUT2D eigenvalue weighted by Crippen LogP contribution is 2.04. The quantitative estimate of drug-likeness (QED) is 0.834. The molecule has 0 spiro atoms. The van der Waals surface area contributed by atoms with Gasteiger partial charge in [-0.2, -0.15) is 0 Å².